The number of rotatable bonds is 14. The van der Waals surface area contributed by atoms with Crippen LogP contribution in [0.4, 0.5) is 0 Å². The number of phenolic OH excluding ortho intramolecular Hbond substituents is 1. The van der Waals surface area contributed by atoms with Crippen molar-refractivity contribution >= 4 is 53.1 Å². The average molecular weight is 1180 g/mol. The molecule has 0 radical (unpaired) electrons. The van der Waals surface area contributed by atoms with Gasteiger partial charge in [0.25, 0.3) is 5.91 Å². The lowest BCUT2D eigenvalue weighted by atomic mass is 9.89. The zero-order chi connectivity index (χ0) is 62.2. The molecule has 0 saturated carbocycles. The third-order valence-corrected chi connectivity index (χ3v) is 16.4. The normalized spacial score (nSPS) is 30.7. The first-order valence-electron chi connectivity index (χ1n) is 28.6. The first kappa shape index (κ1) is 65.3. The van der Waals surface area contributed by atoms with Crippen molar-refractivity contribution < 1.29 is 84.3 Å². The summed E-state index contributed by atoms with van der Waals surface area (Å²) in [7, 11) is 0. The molecule has 4 aliphatic rings. The average Bonchev–Trinajstić information content (AvgIpc) is 2.18. The fraction of sp³-hybridized carbons (Fsp3) is 0.508. The van der Waals surface area contributed by atoms with Crippen LogP contribution >= 0.6 is 0 Å². The summed E-state index contributed by atoms with van der Waals surface area (Å²) in [4.78, 5) is 106. The van der Waals surface area contributed by atoms with Gasteiger partial charge in [0.2, 0.25) is 35.4 Å². The van der Waals surface area contributed by atoms with Crippen molar-refractivity contribution in [2.24, 2.45) is 16.8 Å². The van der Waals surface area contributed by atoms with Crippen LogP contribution in [0.3, 0.4) is 0 Å². The molecule has 0 spiro atoms. The number of allylic oxidation sites excluding steroid dienone is 2. The van der Waals surface area contributed by atoms with Crippen LogP contribution < -0.4 is 21.3 Å². The number of hydrogen-bond donors (Lipinski definition) is 13. The third kappa shape index (κ3) is 15.1. The molecule has 3 aromatic rings. The highest BCUT2D eigenvalue weighted by atomic mass is 16.5. The number of aliphatic hydroxyl groups excluding tert-OH is 8. The third-order valence-electron chi connectivity index (χ3n) is 16.4. The summed E-state index contributed by atoms with van der Waals surface area (Å²) >= 11 is 0. The lowest BCUT2D eigenvalue weighted by Gasteiger charge is -2.39. The molecule has 16 atom stereocenters. The maximum Gasteiger partial charge on any atom is 0.276 e. The van der Waals surface area contributed by atoms with Crippen molar-refractivity contribution in [3.8, 4) is 16.9 Å². The number of benzene rings is 3. The highest BCUT2D eigenvalue weighted by Crippen LogP contribution is 2.36. The van der Waals surface area contributed by atoms with Gasteiger partial charge >= 0.3 is 0 Å². The molecule has 24 nitrogen and oxygen atoms in total. The van der Waals surface area contributed by atoms with Gasteiger partial charge < -0.3 is 81.8 Å². The van der Waals surface area contributed by atoms with E-state index < -0.39 is 158 Å². The number of carbonyl (C=O) groups excluding carboxylic acids is 7. The van der Waals surface area contributed by atoms with Crippen LogP contribution in [0.25, 0.3) is 16.7 Å². The van der Waals surface area contributed by atoms with E-state index in [2.05, 4.69) is 58.3 Å². The summed E-state index contributed by atoms with van der Waals surface area (Å²) in [6.45, 7) is 8.73. The largest absolute Gasteiger partial charge is 0.508 e. The standard InChI is InChI=1S/C61H79N7O17/c1-7-8-9-26-85-60(5)24-22-38(23-25-60)37-12-10-35(11-13-37)36-14-16-40(17-15-36)52(77)62-29-41-27-45(73)55(80)66-59(84)61(6)51(76)32(2)30-68(61)58(83)47(34(4)70)64-56(81)48(50(75)49(74)39-18-20-42(71)21-19-39)65-54(79)44-28-43(72)31-67(44)57(82)46(33(3)69)63-53(41)78/h10-24,29,32-34,41,43-51,55,69-76,80H,7-9,25-28,30-31H2,1-6H3,(H,63,78)(H,64,81)(H,65,79)(H,66,84)/t32-,33+,34+,41?,43+,44-,45+,46-,47-,48-,49-,50-,51-,55+,60?,61?/m0/s1. The Morgan fingerprint density at radius 3 is 1.93 bits per heavy atom. The number of aromatic hydroxyl groups is 1. The van der Waals surface area contributed by atoms with Gasteiger partial charge in [0.1, 0.15) is 47.7 Å². The number of aliphatic hydroxyl groups is 8. The molecule has 24 heteroatoms. The molecule has 7 amide bonds. The quantitative estimate of drug-likeness (QED) is 0.0761. The van der Waals surface area contributed by atoms with Crippen LogP contribution in [0.5, 0.6) is 5.75 Å². The van der Waals surface area contributed by atoms with Crippen LogP contribution in [0, 0.1) is 11.8 Å². The van der Waals surface area contributed by atoms with Crippen molar-refractivity contribution in [3.05, 3.63) is 108 Å². The number of hydrogen-bond acceptors (Lipinski definition) is 17. The van der Waals surface area contributed by atoms with E-state index in [1.54, 1.807) is 12.1 Å². The van der Waals surface area contributed by atoms with Gasteiger partial charge in [-0.2, -0.15) is 0 Å². The van der Waals surface area contributed by atoms with Crippen molar-refractivity contribution in [1.29, 1.82) is 0 Å². The Morgan fingerprint density at radius 1 is 0.741 bits per heavy atom. The number of ether oxygens (including phenoxy) is 1. The molecule has 7 rings (SSSR count). The minimum Gasteiger partial charge on any atom is -0.508 e. The summed E-state index contributed by atoms with van der Waals surface area (Å²) in [5, 5.41) is 110. The van der Waals surface area contributed by atoms with Gasteiger partial charge in [-0.25, -0.2) is 4.99 Å². The lowest BCUT2D eigenvalue weighted by molar-refractivity contribution is -0.155. The molecule has 0 bridgehead atoms. The number of nitrogens with one attached hydrogen (secondary N) is 4. The van der Waals surface area contributed by atoms with Crippen LogP contribution in [0.1, 0.15) is 108 Å². The van der Waals surface area contributed by atoms with Crippen molar-refractivity contribution in [1.82, 2.24) is 31.1 Å². The number of phenols is 1. The lowest BCUT2D eigenvalue weighted by Crippen LogP contribution is -2.67. The van der Waals surface area contributed by atoms with E-state index in [0.717, 1.165) is 96.9 Å². The fourth-order valence-corrected chi connectivity index (χ4v) is 11.0. The Bertz CT molecular complexity index is 2990. The number of amides is 7. The molecule has 3 saturated heterocycles. The Kier molecular flexibility index (Phi) is 21.4. The van der Waals surface area contributed by atoms with Gasteiger partial charge in [-0.3, -0.25) is 33.6 Å². The van der Waals surface area contributed by atoms with Crippen LogP contribution in [-0.4, -0.2) is 201 Å². The van der Waals surface area contributed by atoms with Gasteiger partial charge in [-0.05, 0) is 99.0 Å². The van der Waals surface area contributed by atoms with Gasteiger partial charge in [-0.1, -0.05) is 93.4 Å². The number of unbranched alkanes of at least 4 members (excludes halogenated alkanes) is 2. The van der Waals surface area contributed by atoms with E-state index in [1.807, 2.05) is 24.3 Å². The smallest absolute Gasteiger partial charge is 0.276 e. The minimum atomic E-state index is -2.33. The van der Waals surface area contributed by atoms with E-state index in [4.69, 9.17) is 4.74 Å². The highest BCUT2D eigenvalue weighted by molar-refractivity contribution is 6.04. The molecule has 85 heavy (non-hydrogen) atoms. The molecule has 3 fully saturated rings. The molecule has 3 unspecified atom stereocenters. The predicted octanol–water partition coefficient (Wildman–Crippen LogP) is 0.265. The van der Waals surface area contributed by atoms with Crippen LogP contribution in [0.15, 0.2) is 96.0 Å². The topological polar surface area (TPSA) is 378 Å². The van der Waals surface area contributed by atoms with Crippen molar-refractivity contribution in [3.63, 3.8) is 0 Å². The SMILES string of the molecule is CCCCCOC1(C)C=CC(c2ccc(-c3ccc(C(=O)N=CC4C[C@@H](O)[C@@H](O)NC(=O)C5(C)[C@@H](O)[C@@H](C)CN5C(=O)[C@H]([C@@H](C)O)NC(=O)[C@H]([C@H](O)[C@@H](O)c5ccc(O)cc5)NC(=O)[C@@H]5C[C@@H](O)CN5C(=O)[C@H]([C@@H](C)O)NC4=O)cc3)cc2)=CC1. The maximum absolute atomic E-state index is 14.6. The first-order chi connectivity index (χ1) is 40.2. The Hall–Kier alpha value is -7.26. The summed E-state index contributed by atoms with van der Waals surface area (Å²) in [6, 6.07) is 11.0. The molecule has 0 aromatic heterocycles. The second-order valence-corrected chi connectivity index (χ2v) is 23.0. The molecule has 3 aliphatic heterocycles. The van der Waals surface area contributed by atoms with E-state index in [9.17, 15) is 79.5 Å². The molecular weight excluding hydrogens is 1100 g/mol. The fourth-order valence-electron chi connectivity index (χ4n) is 11.0. The zero-order valence-electron chi connectivity index (χ0n) is 48.3. The summed E-state index contributed by atoms with van der Waals surface area (Å²) in [6.07, 6.45) is -5.69. The van der Waals surface area contributed by atoms with Gasteiger partial charge in [0, 0.05) is 43.8 Å². The maximum atomic E-state index is 14.6. The number of carbonyl (C=O) groups is 7. The van der Waals surface area contributed by atoms with Crippen LogP contribution in [-0.2, 0) is 33.5 Å². The van der Waals surface area contributed by atoms with Crippen molar-refractivity contribution in [2.45, 2.75) is 164 Å². The van der Waals surface area contributed by atoms with Gasteiger partial charge in [0.05, 0.1) is 42.0 Å². The Balaban J connectivity index is 1.18. The zero-order valence-corrected chi connectivity index (χ0v) is 48.3. The van der Waals surface area contributed by atoms with E-state index in [-0.39, 0.29) is 22.5 Å². The van der Waals surface area contributed by atoms with Gasteiger partial charge in [-0.15, -0.1) is 0 Å². The highest BCUT2D eigenvalue weighted by Gasteiger charge is 2.58. The summed E-state index contributed by atoms with van der Waals surface area (Å²) in [5.41, 5.74) is 0.947. The minimum absolute atomic E-state index is 0.0648. The van der Waals surface area contributed by atoms with E-state index >= 15 is 0 Å². The van der Waals surface area contributed by atoms with Crippen molar-refractivity contribution in [2.75, 3.05) is 19.7 Å². The molecule has 3 aromatic carbocycles. The Morgan fingerprint density at radius 2 is 1.33 bits per heavy atom. The monoisotopic (exact) mass is 1180 g/mol. The number of nitrogens with zero attached hydrogens (tertiary/aromatic N) is 3. The van der Waals surface area contributed by atoms with E-state index in [0.29, 0.717) is 6.61 Å². The molecule has 3 heterocycles. The molecule has 13 N–H and O–H groups in total. The summed E-state index contributed by atoms with van der Waals surface area (Å²) in [5.74, 6) is -11.2. The second kappa shape index (κ2) is 27.8. The molecule has 1 aliphatic carbocycles. The second-order valence-electron chi connectivity index (χ2n) is 23.0. The first-order valence-corrected chi connectivity index (χ1v) is 28.6. The number of fused-ring (bicyclic) bond motifs is 2. The summed E-state index contributed by atoms with van der Waals surface area (Å²) < 4.78 is 6.17. The van der Waals surface area contributed by atoms with Gasteiger partial charge in [0.15, 0.2) is 6.23 Å². The van der Waals surface area contributed by atoms with E-state index in [1.165, 1.54) is 31.2 Å². The molecule has 460 valence electrons. The molecular formula is C61H79N7O17. The Labute approximate surface area is 492 Å². The number of aliphatic imine (C=N–C) groups is 1. The predicted molar refractivity (Wildman–Crippen MR) is 308 cm³/mol. The van der Waals surface area contributed by atoms with Crippen LogP contribution in [0.2, 0.25) is 0 Å².